The summed E-state index contributed by atoms with van der Waals surface area (Å²) in [7, 11) is 0. The molecule has 1 unspecified atom stereocenters. The molecule has 144 valence electrons. The van der Waals surface area contributed by atoms with Gasteiger partial charge in [-0.1, -0.05) is 65.3 Å². The van der Waals surface area contributed by atoms with Crippen molar-refractivity contribution < 1.29 is 4.79 Å². The van der Waals surface area contributed by atoms with Crippen LogP contribution in [0.25, 0.3) is 11.0 Å². The van der Waals surface area contributed by atoms with Crippen molar-refractivity contribution in [3.8, 4) is 0 Å². The Kier molecular flexibility index (Phi) is 6.01. The van der Waals surface area contributed by atoms with Gasteiger partial charge in [-0.15, -0.1) is 0 Å². The van der Waals surface area contributed by atoms with Crippen molar-refractivity contribution >= 4 is 51.9 Å². The highest BCUT2D eigenvalue weighted by molar-refractivity contribution is 8.00. The van der Waals surface area contributed by atoms with Crippen LogP contribution in [0.3, 0.4) is 0 Å². The number of piperazine rings is 1. The lowest BCUT2D eigenvalue weighted by Gasteiger charge is -2.30. The second-order valence-electron chi connectivity index (χ2n) is 6.44. The quantitative estimate of drug-likeness (QED) is 0.625. The van der Waals surface area contributed by atoms with Gasteiger partial charge in [0.1, 0.15) is 10.3 Å². The third-order valence-electron chi connectivity index (χ3n) is 4.54. The van der Waals surface area contributed by atoms with E-state index in [2.05, 4.69) is 15.3 Å². The predicted molar refractivity (Wildman–Crippen MR) is 114 cm³/mol. The zero-order valence-corrected chi connectivity index (χ0v) is 17.3. The van der Waals surface area contributed by atoms with E-state index >= 15 is 0 Å². The van der Waals surface area contributed by atoms with Crippen LogP contribution >= 0.6 is 35.0 Å². The van der Waals surface area contributed by atoms with Crippen molar-refractivity contribution in [3.63, 3.8) is 0 Å². The summed E-state index contributed by atoms with van der Waals surface area (Å²) in [6.07, 6.45) is 0. The second-order valence-corrected chi connectivity index (χ2v) is 8.32. The van der Waals surface area contributed by atoms with Crippen LogP contribution in [-0.4, -0.2) is 47.0 Å². The van der Waals surface area contributed by atoms with Gasteiger partial charge < -0.3 is 10.2 Å². The van der Waals surface area contributed by atoms with Crippen molar-refractivity contribution in [2.75, 3.05) is 26.2 Å². The van der Waals surface area contributed by atoms with Gasteiger partial charge in [-0.3, -0.25) is 4.79 Å². The van der Waals surface area contributed by atoms with E-state index in [9.17, 15) is 4.79 Å². The molecule has 8 heteroatoms. The molecule has 0 spiro atoms. The lowest BCUT2D eigenvalue weighted by molar-refractivity contribution is -0.131. The molecule has 5 nitrogen and oxygen atoms in total. The van der Waals surface area contributed by atoms with Gasteiger partial charge in [0.05, 0.1) is 11.0 Å². The van der Waals surface area contributed by atoms with Crippen LogP contribution in [0.2, 0.25) is 10.2 Å². The van der Waals surface area contributed by atoms with Gasteiger partial charge in [-0.2, -0.15) is 0 Å². The summed E-state index contributed by atoms with van der Waals surface area (Å²) in [6, 6.07) is 15.0. The fraction of sp³-hybridized carbons (Fsp3) is 0.250. The van der Waals surface area contributed by atoms with Crippen molar-refractivity contribution in [1.82, 2.24) is 20.2 Å². The molecule has 0 aliphatic carbocycles. The maximum Gasteiger partial charge on any atom is 0.240 e. The molecule has 3 aromatic rings. The number of amides is 1. The van der Waals surface area contributed by atoms with E-state index in [0.717, 1.165) is 18.7 Å². The fourth-order valence-electron chi connectivity index (χ4n) is 3.12. The molecule has 1 aromatic heterocycles. The number of hydrogen-bond donors (Lipinski definition) is 1. The summed E-state index contributed by atoms with van der Waals surface area (Å²) in [6.45, 7) is 2.99. The minimum atomic E-state index is -0.434. The summed E-state index contributed by atoms with van der Waals surface area (Å²) in [5.41, 5.74) is 2.24. The molecule has 1 atom stereocenters. The Bertz CT molecular complexity index is 996. The number of thioether (sulfide) groups is 1. The number of aromatic nitrogens is 2. The van der Waals surface area contributed by atoms with Crippen LogP contribution in [0.5, 0.6) is 0 Å². The number of nitrogens with one attached hydrogen (secondary N) is 1. The first-order valence-corrected chi connectivity index (χ1v) is 10.6. The molecule has 0 bridgehead atoms. The number of carbonyl (C=O) groups is 1. The summed E-state index contributed by atoms with van der Waals surface area (Å²) in [5, 5.41) is 4.23. The second kappa shape index (κ2) is 8.66. The molecule has 1 amide bonds. The van der Waals surface area contributed by atoms with E-state index in [1.807, 2.05) is 35.2 Å². The van der Waals surface area contributed by atoms with Crippen LogP contribution in [0, 0.1) is 0 Å². The maximum absolute atomic E-state index is 13.3. The van der Waals surface area contributed by atoms with Gasteiger partial charge in [0.15, 0.2) is 5.15 Å². The molecule has 2 heterocycles. The molecule has 4 rings (SSSR count). The summed E-state index contributed by atoms with van der Waals surface area (Å²) < 4.78 is 0. The minimum Gasteiger partial charge on any atom is -0.339 e. The van der Waals surface area contributed by atoms with Crippen LogP contribution in [0.4, 0.5) is 0 Å². The maximum atomic E-state index is 13.3. The number of hydrogen-bond acceptors (Lipinski definition) is 5. The molecule has 0 radical (unpaired) electrons. The molecular weight excluding hydrogens is 415 g/mol. The molecule has 1 N–H and O–H groups in total. The van der Waals surface area contributed by atoms with Gasteiger partial charge in [0, 0.05) is 31.2 Å². The summed E-state index contributed by atoms with van der Waals surface area (Å²) in [4.78, 5) is 24.2. The Balaban J connectivity index is 1.69. The van der Waals surface area contributed by atoms with E-state index in [1.165, 1.54) is 11.8 Å². The molecule has 1 aliphatic heterocycles. The lowest BCUT2D eigenvalue weighted by Crippen LogP contribution is -2.47. The first kappa shape index (κ1) is 19.5. The molecule has 1 aliphatic rings. The van der Waals surface area contributed by atoms with E-state index in [0.29, 0.717) is 34.2 Å². The number of rotatable bonds is 4. The molecule has 0 saturated carbocycles. The van der Waals surface area contributed by atoms with Crippen molar-refractivity contribution in [3.05, 3.63) is 64.3 Å². The predicted octanol–water partition coefficient (Wildman–Crippen LogP) is 4.20. The highest BCUT2D eigenvalue weighted by atomic mass is 35.5. The standard InChI is InChI=1S/C20H18Cl2N4OS/c21-14-6-7-15-16(12-14)24-18(22)19(25-15)28-17(13-4-2-1-3-5-13)20(27)26-10-8-23-9-11-26/h1-7,12,17,23H,8-11H2. The Morgan fingerprint density at radius 1 is 1.04 bits per heavy atom. The van der Waals surface area contributed by atoms with Crippen LogP contribution in [0.1, 0.15) is 10.8 Å². The SMILES string of the molecule is O=C(C(Sc1nc2ccc(Cl)cc2nc1Cl)c1ccccc1)N1CCNCC1. The molecule has 1 saturated heterocycles. The van der Waals surface area contributed by atoms with E-state index in [-0.39, 0.29) is 11.1 Å². The average Bonchev–Trinajstić information content (AvgIpc) is 2.73. The third kappa shape index (κ3) is 4.25. The normalized spacial score (nSPS) is 15.6. The Labute approximate surface area is 177 Å². The van der Waals surface area contributed by atoms with Crippen molar-refractivity contribution in [2.45, 2.75) is 10.3 Å². The zero-order valence-electron chi connectivity index (χ0n) is 14.9. The summed E-state index contributed by atoms with van der Waals surface area (Å²) >= 11 is 13.8. The highest BCUT2D eigenvalue weighted by Crippen LogP contribution is 2.39. The van der Waals surface area contributed by atoms with Gasteiger partial charge in [0.25, 0.3) is 0 Å². The lowest BCUT2D eigenvalue weighted by atomic mass is 10.1. The fourth-order valence-corrected chi connectivity index (χ4v) is 4.61. The van der Waals surface area contributed by atoms with Gasteiger partial charge >= 0.3 is 0 Å². The van der Waals surface area contributed by atoms with Gasteiger partial charge in [-0.25, -0.2) is 9.97 Å². The van der Waals surface area contributed by atoms with Crippen molar-refractivity contribution in [2.24, 2.45) is 0 Å². The highest BCUT2D eigenvalue weighted by Gasteiger charge is 2.29. The average molecular weight is 433 g/mol. The Morgan fingerprint density at radius 2 is 1.79 bits per heavy atom. The molecular formula is C20H18Cl2N4OS. The van der Waals surface area contributed by atoms with E-state index in [1.54, 1.807) is 18.2 Å². The topological polar surface area (TPSA) is 58.1 Å². The third-order valence-corrected chi connectivity index (χ3v) is 6.37. The largest absolute Gasteiger partial charge is 0.339 e. The summed E-state index contributed by atoms with van der Waals surface area (Å²) in [5.74, 6) is 0.0618. The van der Waals surface area contributed by atoms with Gasteiger partial charge in [0.2, 0.25) is 5.91 Å². The number of carbonyl (C=O) groups excluding carboxylic acids is 1. The van der Waals surface area contributed by atoms with Gasteiger partial charge in [-0.05, 0) is 23.8 Å². The Hall–Kier alpha value is -1.86. The van der Waals surface area contributed by atoms with Crippen LogP contribution in [0.15, 0.2) is 53.6 Å². The molecule has 2 aromatic carbocycles. The monoisotopic (exact) mass is 432 g/mol. The number of nitrogens with zero attached hydrogens (tertiary/aromatic N) is 3. The first-order chi connectivity index (χ1) is 13.6. The number of fused-ring (bicyclic) bond motifs is 1. The minimum absolute atomic E-state index is 0.0618. The van der Waals surface area contributed by atoms with Crippen LogP contribution in [-0.2, 0) is 4.79 Å². The number of benzene rings is 2. The molecule has 28 heavy (non-hydrogen) atoms. The van der Waals surface area contributed by atoms with Crippen molar-refractivity contribution in [1.29, 1.82) is 0 Å². The van der Waals surface area contributed by atoms with E-state index < -0.39 is 5.25 Å². The first-order valence-electron chi connectivity index (χ1n) is 8.96. The smallest absolute Gasteiger partial charge is 0.240 e. The zero-order chi connectivity index (χ0) is 19.5. The number of halogens is 2. The van der Waals surface area contributed by atoms with Crippen LogP contribution < -0.4 is 5.32 Å². The van der Waals surface area contributed by atoms with E-state index in [4.69, 9.17) is 23.2 Å². The Morgan fingerprint density at radius 3 is 2.54 bits per heavy atom. The molecule has 1 fully saturated rings.